The number of aliphatic hydroxyl groups excluding tert-OH is 1. The number of aryl methyl sites for hydroxylation is 1. The van der Waals surface area contributed by atoms with Crippen molar-refractivity contribution in [3.05, 3.63) is 39.3 Å². The zero-order chi connectivity index (χ0) is 14.5. The highest BCUT2D eigenvalue weighted by Crippen LogP contribution is 2.17. The molecule has 1 amide bonds. The monoisotopic (exact) mass is 289 g/mol. The van der Waals surface area contributed by atoms with Crippen LogP contribution < -0.4 is 0 Å². The molecule has 0 aliphatic heterocycles. The van der Waals surface area contributed by atoms with Crippen molar-refractivity contribution in [1.29, 1.82) is 0 Å². The van der Waals surface area contributed by atoms with Gasteiger partial charge in [-0.2, -0.15) is 5.10 Å². The molecule has 0 atom stereocenters. The van der Waals surface area contributed by atoms with E-state index in [2.05, 4.69) is 22.0 Å². The summed E-state index contributed by atoms with van der Waals surface area (Å²) in [6.45, 7) is 2.19. The maximum Gasteiger partial charge on any atom is 0.257 e. The molecule has 0 aromatic carbocycles. The first-order chi connectivity index (χ1) is 9.61. The van der Waals surface area contributed by atoms with Crippen LogP contribution in [0, 0.1) is 18.8 Å². The number of rotatable bonds is 3. The van der Waals surface area contributed by atoms with Crippen LogP contribution in [0.2, 0.25) is 0 Å². The van der Waals surface area contributed by atoms with E-state index in [4.69, 9.17) is 5.11 Å². The number of nitrogens with zero attached hydrogens (tertiary/aromatic N) is 2. The fourth-order valence-corrected chi connectivity index (χ4v) is 2.62. The van der Waals surface area contributed by atoms with Crippen molar-refractivity contribution < 1.29 is 9.90 Å². The third-order valence-corrected chi connectivity index (χ3v) is 3.69. The van der Waals surface area contributed by atoms with Gasteiger partial charge in [-0.05, 0) is 13.0 Å². The maximum absolute atomic E-state index is 12.2. The van der Waals surface area contributed by atoms with Crippen molar-refractivity contribution in [3.63, 3.8) is 0 Å². The Hall–Kier alpha value is -2.10. The smallest absolute Gasteiger partial charge is 0.257 e. The highest BCUT2D eigenvalue weighted by Gasteiger charge is 2.16. The molecule has 0 unspecified atom stereocenters. The van der Waals surface area contributed by atoms with Gasteiger partial charge >= 0.3 is 0 Å². The lowest BCUT2D eigenvalue weighted by atomic mass is 10.2. The summed E-state index contributed by atoms with van der Waals surface area (Å²) in [7, 11) is 1.76. The third kappa shape index (κ3) is 3.26. The number of H-pyrrole nitrogens is 1. The standard InChI is InChI=1S/C14H15N3O2S/c1-10-13(7-15-16-10)14(19)17(2)8-12-6-11(9-20-12)4-3-5-18/h6-7,9,18H,5,8H2,1-2H3,(H,15,16). The predicted octanol–water partition coefficient (Wildman–Crippen LogP) is 1.40. The molecule has 20 heavy (non-hydrogen) atoms. The van der Waals surface area contributed by atoms with Crippen molar-refractivity contribution in [2.75, 3.05) is 13.7 Å². The van der Waals surface area contributed by atoms with Gasteiger partial charge in [0.25, 0.3) is 5.91 Å². The SMILES string of the molecule is Cc1[nH]ncc1C(=O)N(C)Cc1cc(C#CCO)cs1. The lowest BCUT2D eigenvalue weighted by Crippen LogP contribution is -2.26. The number of thiophene rings is 1. The Morgan fingerprint density at radius 3 is 3.05 bits per heavy atom. The summed E-state index contributed by atoms with van der Waals surface area (Å²) in [5.74, 6) is 5.39. The quantitative estimate of drug-likeness (QED) is 0.839. The van der Waals surface area contributed by atoms with E-state index in [0.717, 1.165) is 16.1 Å². The third-order valence-electron chi connectivity index (χ3n) is 2.77. The Kier molecular flexibility index (Phi) is 4.56. The van der Waals surface area contributed by atoms with Crippen molar-refractivity contribution in [3.8, 4) is 11.8 Å². The van der Waals surface area contributed by atoms with Crippen molar-refractivity contribution in [2.24, 2.45) is 0 Å². The van der Waals surface area contributed by atoms with E-state index in [-0.39, 0.29) is 12.5 Å². The molecule has 104 valence electrons. The van der Waals surface area contributed by atoms with Crippen LogP contribution in [0.3, 0.4) is 0 Å². The second kappa shape index (κ2) is 6.37. The van der Waals surface area contributed by atoms with Crippen LogP contribution >= 0.6 is 11.3 Å². The first-order valence-corrected chi connectivity index (χ1v) is 6.92. The number of hydrogen-bond donors (Lipinski definition) is 2. The topological polar surface area (TPSA) is 69.2 Å². The van der Waals surface area contributed by atoms with E-state index < -0.39 is 0 Å². The van der Waals surface area contributed by atoms with E-state index in [1.807, 2.05) is 18.4 Å². The lowest BCUT2D eigenvalue weighted by Gasteiger charge is -2.15. The Bertz CT molecular complexity index is 663. The molecule has 2 N–H and O–H groups in total. The molecule has 0 saturated carbocycles. The number of nitrogens with one attached hydrogen (secondary N) is 1. The van der Waals surface area contributed by atoms with Gasteiger partial charge in [0.2, 0.25) is 0 Å². The molecule has 0 saturated heterocycles. The van der Waals surface area contributed by atoms with Crippen LogP contribution in [0.5, 0.6) is 0 Å². The molecule has 0 spiro atoms. The summed E-state index contributed by atoms with van der Waals surface area (Å²) in [5.41, 5.74) is 2.21. The zero-order valence-corrected chi connectivity index (χ0v) is 12.1. The van der Waals surface area contributed by atoms with E-state index in [1.165, 1.54) is 0 Å². The molecule has 0 radical (unpaired) electrons. The van der Waals surface area contributed by atoms with Gasteiger partial charge in [0.15, 0.2) is 0 Å². The first kappa shape index (κ1) is 14.3. The van der Waals surface area contributed by atoms with Gasteiger partial charge < -0.3 is 10.0 Å². The maximum atomic E-state index is 12.2. The molecule has 2 heterocycles. The minimum atomic E-state index is -0.149. The summed E-state index contributed by atoms with van der Waals surface area (Å²) in [6, 6.07) is 1.93. The second-order valence-electron chi connectivity index (χ2n) is 4.33. The van der Waals surface area contributed by atoms with Crippen LogP contribution in [-0.4, -0.2) is 39.8 Å². The lowest BCUT2D eigenvalue weighted by molar-refractivity contribution is 0.0786. The van der Waals surface area contributed by atoms with Crippen LogP contribution in [0.1, 0.15) is 26.5 Å². The zero-order valence-electron chi connectivity index (χ0n) is 11.3. The van der Waals surface area contributed by atoms with Crippen molar-refractivity contribution in [2.45, 2.75) is 13.5 Å². The Morgan fingerprint density at radius 2 is 2.40 bits per heavy atom. The molecule has 0 bridgehead atoms. The average molecular weight is 289 g/mol. The highest BCUT2D eigenvalue weighted by atomic mass is 32.1. The first-order valence-electron chi connectivity index (χ1n) is 6.04. The Balaban J connectivity index is 2.04. The summed E-state index contributed by atoms with van der Waals surface area (Å²) < 4.78 is 0. The summed E-state index contributed by atoms with van der Waals surface area (Å²) in [4.78, 5) is 14.9. The summed E-state index contributed by atoms with van der Waals surface area (Å²) in [5, 5.41) is 17.2. The van der Waals surface area contributed by atoms with Crippen molar-refractivity contribution in [1.82, 2.24) is 15.1 Å². The molecule has 0 aliphatic rings. The predicted molar refractivity (Wildman–Crippen MR) is 77.4 cm³/mol. The number of hydrogen-bond acceptors (Lipinski definition) is 4. The molecule has 0 fully saturated rings. The van der Waals surface area contributed by atoms with Crippen LogP contribution in [0.4, 0.5) is 0 Å². The van der Waals surface area contributed by atoms with Gasteiger partial charge in [-0.25, -0.2) is 0 Å². The summed E-state index contributed by atoms with van der Waals surface area (Å²) >= 11 is 1.55. The molecular weight excluding hydrogens is 274 g/mol. The van der Waals surface area contributed by atoms with E-state index in [9.17, 15) is 4.79 Å². The number of aliphatic hydroxyl groups is 1. The average Bonchev–Trinajstić information content (AvgIpc) is 3.04. The molecule has 6 heteroatoms. The molecular formula is C14H15N3O2S. The largest absolute Gasteiger partial charge is 0.384 e. The number of carbonyl (C=O) groups is 1. The van der Waals surface area contributed by atoms with Gasteiger partial charge in [-0.3, -0.25) is 9.89 Å². The minimum absolute atomic E-state index is 0.0624. The van der Waals surface area contributed by atoms with Gasteiger partial charge in [0.1, 0.15) is 6.61 Å². The number of amides is 1. The van der Waals surface area contributed by atoms with Gasteiger partial charge in [-0.1, -0.05) is 11.8 Å². The molecule has 2 aromatic rings. The molecule has 5 nitrogen and oxygen atoms in total. The summed E-state index contributed by atoms with van der Waals surface area (Å²) in [6.07, 6.45) is 1.54. The van der Waals surface area contributed by atoms with Gasteiger partial charge in [0.05, 0.1) is 18.3 Å². The molecule has 0 aliphatic carbocycles. The molecule has 2 aromatic heterocycles. The second-order valence-corrected chi connectivity index (χ2v) is 5.33. The van der Waals surface area contributed by atoms with Crippen LogP contribution in [0.15, 0.2) is 17.6 Å². The fourth-order valence-electron chi connectivity index (χ4n) is 1.75. The van der Waals surface area contributed by atoms with Crippen LogP contribution in [-0.2, 0) is 6.54 Å². The van der Waals surface area contributed by atoms with Gasteiger partial charge in [-0.15, -0.1) is 11.3 Å². The van der Waals surface area contributed by atoms with Crippen LogP contribution in [0.25, 0.3) is 0 Å². The molecule has 2 rings (SSSR count). The highest BCUT2D eigenvalue weighted by molar-refractivity contribution is 7.10. The minimum Gasteiger partial charge on any atom is -0.384 e. The fraction of sp³-hybridized carbons (Fsp3) is 0.286. The van der Waals surface area contributed by atoms with Crippen molar-refractivity contribution >= 4 is 17.2 Å². The Labute approximate surface area is 121 Å². The van der Waals surface area contributed by atoms with E-state index in [0.29, 0.717) is 12.1 Å². The number of aromatic amines is 1. The van der Waals surface area contributed by atoms with Gasteiger partial charge in [0, 0.05) is 28.6 Å². The normalized spacial score (nSPS) is 9.95. The Morgan fingerprint density at radius 1 is 1.60 bits per heavy atom. The van der Waals surface area contributed by atoms with E-state index >= 15 is 0 Å². The number of carbonyl (C=O) groups excluding carboxylic acids is 1. The van der Waals surface area contributed by atoms with E-state index in [1.54, 1.807) is 29.5 Å². The number of aromatic nitrogens is 2.